The van der Waals surface area contributed by atoms with Crippen LogP contribution in [0.2, 0.25) is 0 Å². The van der Waals surface area contributed by atoms with E-state index in [0.29, 0.717) is 18.2 Å². The minimum atomic E-state index is 0.309. The molecule has 1 heterocycles. The first kappa shape index (κ1) is 12.2. The van der Waals surface area contributed by atoms with Crippen molar-refractivity contribution in [3.05, 3.63) is 12.7 Å². The van der Waals surface area contributed by atoms with E-state index in [1.165, 1.54) is 0 Å². The number of nitrogens with zero attached hydrogens (tertiary/aromatic N) is 2. The Labute approximate surface area is 92.7 Å². The van der Waals surface area contributed by atoms with Crippen molar-refractivity contribution in [3.63, 3.8) is 0 Å². The van der Waals surface area contributed by atoms with Gasteiger partial charge in [0.05, 0.1) is 0 Å². The minimum Gasteiger partial charge on any atom is -0.340 e. The molecular formula is C12H22N2O. The van der Waals surface area contributed by atoms with Crippen molar-refractivity contribution >= 4 is 5.91 Å². The molecular weight excluding hydrogens is 188 g/mol. The Morgan fingerprint density at radius 3 is 2.40 bits per heavy atom. The Morgan fingerprint density at radius 2 is 1.93 bits per heavy atom. The second-order valence-corrected chi connectivity index (χ2v) is 4.57. The molecule has 0 N–H and O–H groups in total. The van der Waals surface area contributed by atoms with Gasteiger partial charge in [0.2, 0.25) is 5.91 Å². The maximum Gasteiger partial charge on any atom is 0.222 e. The van der Waals surface area contributed by atoms with Crippen molar-refractivity contribution in [1.82, 2.24) is 9.80 Å². The molecule has 0 aromatic rings. The molecule has 86 valence electrons. The molecule has 1 fully saturated rings. The number of hydrogen-bond donors (Lipinski definition) is 0. The second kappa shape index (κ2) is 5.91. The SMILES string of the molecule is C=CCN1CCN(C(=O)CC(C)C)CC1. The molecule has 1 aliphatic heterocycles. The Balaban J connectivity index is 2.30. The van der Waals surface area contributed by atoms with Gasteiger partial charge >= 0.3 is 0 Å². The van der Waals surface area contributed by atoms with E-state index in [1.54, 1.807) is 0 Å². The van der Waals surface area contributed by atoms with Crippen LogP contribution in [0.3, 0.4) is 0 Å². The van der Waals surface area contributed by atoms with E-state index in [-0.39, 0.29) is 0 Å². The molecule has 0 aromatic heterocycles. The van der Waals surface area contributed by atoms with Crippen LogP contribution in [0.4, 0.5) is 0 Å². The van der Waals surface area contributed by atoms with E-state index in [1.807, 2.05) is 11.0 Å². The van der Waals surface area contributed by atoms with Gasteiger partial charge in [-0.2, -0.15) is 0 Å². The van der Waals surface area contributed by atoms with E-state index < -0.39 is 0 Å². The molecule has 0 atom stereocenters. The summed E-state index contributed by atoms with van der Waals surface area (Å²) in [5.41, 5.74) is 0. The molecule has 1 rings (SSSR count). The van der Waals surface area contributed by atoms with Crippen LogP contribution in [0.25, 0.3) is 0 Å². The molecule has 1 aliphatic rings. The lowest BCUT2D eigenvalue weighted by Crippen LogP contribution is -2.48. The fourth-order valence-electron chi connectivity index (χ4n) is 1.84. The van der Waals surface area contributed by atoms with Crippen LogP contribution < -0.4 is 0 Å². The van der Waals surface area contributed by atoms with Crippen molar-refractivity contribution in [2.45, 2.75) is 20.3 Å². The molecule has 0 aromatic carbocycles. The highest BCUT2D eigenvalue weighted by atomic mass is 16.2. The summed E-state index contributed by atoms with van der Waals surface area (Å²) in [5, 5.41) is 0. The van der Waals surface area contributed by atoms with Gasteiger partial charge in [0.1, 0.15) is 0 Å². The Hall–Kier alpha value is -0.830. The van der Waals surface area contributed by atoms with Crippen LogP contribution in [-0.2, 0) is 4.79 Å². The largest absolute Gasteiger partial charge is 0.340 e. The Morgan fingerprint density at radius 1 is 1.33 bits per heavy atom. The molecule has 0 radical (unpaired) electrons. The maximum atomic E-state index is 11.8. The van der Waals surface area contributed by atoms with Gasteiger partial charge in [0, 0.05) is 39.1 Å². The molecule has 1 saturated heterocycles. The number of hydrogen-bond acceptors (Lipinski definition) is 2. The number of carbonyl (C=O) groups excluding carboxylic acids is 1. The van der Waals surface area contributed by atoms with Gasteiger partial charge in [0.15, 0.2) is 0 Å². The van der Waals surface area contributed by atoms with E-state index >= 15 is 0 Å². The zero-order chi connectivity index (χ0) is 11.3. The van der Waals surface area contributed by atoms with Gasteiger partial charge in [-0.1, -0.05) is 19.9 Å². The van der Waals surface area contributed by atoms with Crippen LogP contribution in [0.15, 0.2) is 12.7 Å². The van der Waals surface area contributed by atoms with Crippen molar-refractivity contribution < 1.29 is 4.79 Å². The van der Waals surface area contributed by atoms with Gasteiger partial charge in [-0.05, 0) is 5.92 Å². The number of rotatable bonds is 4. The van der Waals surface area contributed by atoms with Gasteiger partial charge in [-0.25, -0.2) is 0 Å². The van der Waals surface area contributed by atoms with Crippen molar-refractivity contribution in [1.29, 1.82) is 0 Å². The van der Waals surface area contributed by atoms with Crippen LogP contribution in [0, 0.1) is 5.92 Å². The summed E-state index contributed by atoms with van der Waals surface area (Å²) in [6, 6.07) is 0. The Bertz CT molecular complexity index is 218. The first-order valence-corrected chi connectivity index (χ1v) is 5.74. The number of carbonyl (C=O) groups is 1. The molecule has 0 saturated carbocycles. The minimum absolute atomic E-state index is 0.309. The lowest BCUT2D eigenvalue weighted by Gasteiger charge is -2.34. The lowest BCUT2D eigenvalue weighted by atomic mass is 10.1. The summed E-state index contributed by atoms with van der Waals surface area (Å²) in [6.45, 7) is 12.6. The van der Waals surface area contributed by atoms with Crippen molar-refractivity contribution in [2.75, 3.05) is 32.7 Å². The zero-order valence-corrected chi connectivity index (χ0v) is 9.91. The van der Waals surface area contributed by atoms with E-state index in [4.69, 9.17) is 0 Å². The molecule has 0 bridgehead atoms. The fourth-order valence-corrected chi connectivity index (χ4v) is 1.84. The van der Waals surface area contributed by atoms with Crippen LogP contribution in [0.1, 0.15) is 20.3 Å². The second-order valence-electron chi connectivity index (χ2n) is 4.57. The summed E-state index contributed by atoms with van der Waals surface area (Å²) < 4.78 is 0. The highest BCUT2D eigenvalue weighted by Gasteiger charge is 2.20. The normalized spacial score (nSPS) is 18.2. The average molecular weight is 210 g/mol. The van der Waals surface area contributed by atoms with Crippen LogP contribution in [-0.4, -0.2) is 48.4 Å². The smallest absolute Gasteiger partial charge is 0.222 e. The van der Waals surface area contributed by atoms with Gasteiger partial charge in [0.25, 0.3) is 0 Å². The van der Waals surface area contributed by atoms with Gasteiger partial charge in [-0.15, -0.1) is 6.58 Å². The molecule has 0 aliphatic carbocycles. The molecule has 15 heavy (non-hydrogen) atoms. The average Bonchev–Trinajstić information content (AvgIpc) is 2.18. The summed E-state index contributed by atoms with van der Waals surface area (Å²) in [5.74, 6) is 0.770. The topological polar surface area (TPSA) is 23.6 Å². The van der Waals surface area contributed by atoms with E-state index in [9.17, 15) is 4.79 Å². The molecule has 0 spiro atoms. The first-order chi connectivity index (χ1) is 7.13. The summed E-state index contributed by atoms with van der Waals surface area (Å²) in [6.07, 6.45) is 2.60. The van der Waals surface area contributed by atoms with Gasteiger partial charge < -0.3 is 4.90 Å². The molecule has 3 nitrogen and oxygen atoms in total. The lowest BCUT2D eigenvalue weighted by molar-refractivity contribution is -0.133. The van der Waals surface area contributed by atoms with Crippen molar-refractivity contribution in [2.24, 2.45) is 5.92 Å². The maximum absolute atomic E-state index is 11.8. The highest BCUT2D eigenvalue weighted by Crippen LogP contribution is 2.07. The number of amides is 1. The van der Waals surface area contributed by atoms with E-state index in [0.717, 1.165) is 32.7 Å². The molecule has 3 heteroatoms. The first-order valence-electron chi connectivity index (χ1n) is 5.74. The predicted molar refractivity (Wildman–Crippen MR) is 62.7 cm³/mol. The summed E-state index contributed by atoms with van der Waals surface area (Å²) in [7, 11) is 0. The third-order valence-electron chi connectivity index (χ3n) is 2.70. The highest BCUT2D eigenvalue weighted by molar-refractivity contribution is 5.76. The standard InChI is InChI=1S/C12H22N2O/c1-4-5-13-6-8-14(9-7-13)12(15)10-11(2)3/h4,11H,1,5-10H2,2-3H3. The zero-order valence-electron chi connectivity index (χ0n) is 9.91. The quantitative estimate of drug-likeness (QED) is 0.654. The monoisotopic (exact) mass is 210 g/mol. The van der Waals surface area contributed by atoms with Gasteiger partial charge in [-0.3, -0.25) is 9.69 Å². The van der Waals surface area contributed by atoms with Crippen LogP contribution in [0.5, 0.6) is 0 Å². The summed E-state index contributed by atoms with van der Waals surface area (Å²) in [4.78, 5) is 16.1. The van der Waals surface area contributed by atoms with E-state index in [2.05, 4.69) is 25.3 Å². The molecule has 0 unspecified atom stereocenters. The van der Waals surface area contributed by atoms with Crippen LogP contribution >= 0.6 is 0 Å². The predicted octanol–water partition coefficient (Wildman–Crippen LogP) is 1.36. The molecule has 1 amide bonds. The fraction of sp³-hybridized carbons (Fsp3) is 0.750. The van der Waals surface area contributed by atoms with Crippen molar-refractivity contribution in [3.8, 4) is 0 Å². The number of piperazine rings is 1. The third-order valence-corrected chi connectivity index (χ3v) is 2.70. The third kappa shape index (κ3) is 4.04. The summed E-state index contributed by atoms with van der Waals surface area (Å²) >= 11 is 0. The Kier molecular flexibility index (Phi) is 4.82.